The van der Waals surface area contributed by atoms with Crippen molar-refractivity contribution in [1.29, 1.82) is 0 Å². The monoisotopic (exact) mass is 364 g/mol. The predicted octanol–water partition coefficient (Wildman–Crippen LogP) is 3.07. The van der Waals surface area contributed by atoms with Crippen LogP contribution in [0, 0.1) is 0 Å². The molecular formula is C21H16O6. The van der Waals surface area contributed by atoms with E-state index in [0.717, 1.165) is 0 Å². The molecule has 6 heteroatoms. The molecule has 2 aliphatic rings. The van der Waals surface area contributed by atoms with Crippen molar-refractivity contribution in [2.75, 3.05) is 0 Å². The van der Waals surface area contributed by atoms with Gasteiger partial charge in [0.25, 0.3) is 0 Å². The Balaban J connectivity index is 1.85. The summed E-state index contributed by atoms with van der Waals surface area (Å²) in [5.74, 6) is -1.53. The summed E-state index contributed by atoms with van der Waals surface area (Å²) in [7, 11) is 0. The standard InChI is InChI=1S/C21H16O6/c22-12-7-5-11(6-8-12)21-18-16(9-13(27-21)10-17(23)24)19(25)14-3-1-2-4-15(14)20(18)26/h1-8,13,21-22H,9-10H2,(H,23,24)/t13-,21-/m0/s1. The first-order valence-electron chi connectivity index (χ1n) is 8.53. The van der Waals surface area contributed by atoms with Crippen LogP contribution in [0.25, 0.3) is 0 Å². The normalized spacial score (nSPS) is 21.6. The highest BCUT2D eigenvalue weighted by molar-refractivity contribution is 6.27. The van der Waals surface area contributed by atoms with Crippen LogP contribution < -0.4 is 0 Å². The third-order valence-electron chi connectivity index (χ3n) is 4.88. The second-order valence-corrected chi connectivity index (χ2v) is 6.63. The van der Waals surface area contributed by atoms with Gasteiger partial charge in [-0.3, -0.25) is 14.4 Å². The highest BCUT2D eigenvalue weighted by Crippen LogP contribution is 2.43. The van der Waals surface area contributed by atoms with Gasteiger partial charge in [-0.25, -0.2) is 0 Å². The Labute approximate surface area is 154 Å². The fraction of sp³-hybridized carbons (Fsp3) is 0.190. The van der Waals surface area contributed by atoms with Gasteiger partial charge in [-0.1, -0.05) is 36.4 Å². The zero-order chi connectivity index (χ0) is 19.1. The molecule has 0 aromatic heterocycles. The van der Waals surface area contributed by atoms with E-state index in [4.69, 9.17) is 9.84 Å². The first-order valence-corrected chi connectivity index (χ1v) is 8.53. The van der Waals surface area contributed by atoms with Crippen LogP contribution in [0.4, 0.5) is 0 Å². The van der Waals surface area contributed by atoms with Crippen molar-refractivity contribution in [3.8, 4) is 5.75 Å². The average Bonchev–Trinajstić information content (AvgIpc) is 2.65. The minimum atomic E-state index is -1.04. The molecule has 6 nitrogen and oxygen atoms in total. The van der Waals surface area contributed by atoms with E-state index in [9.17, 15) is 19.5 Å². The summed E-state index contributed by atoms with van der Waals surface area (Å²) in [6, 6.07) is 12.7. The van der Waals surface area contributed by atoms with E-state index < -0.39 is 18.2 Å². The van der Waals surface area contributed by atoms with E-state index >= 15 is 0 Å². The molecule has 1 aliphatic carbocycles. The third-order valence-corrected chi connectivity index (χ3v) is 4.88. The summed E-state index contributed by atoms with van der Waals surface area (Å²) in [6.45, 7) is 0. The van der Waals surface area contributed by atoms with Crippen molar-refractivity contribution in [2.24, 2.45) is 0 Å². The summed E-state index contributed by atoms with van der Waals surface area (Å²) in [6.07, 6.45) is -1.77. The molecule has 0 fully saturated rings. The fourth-order valence-electron chi connectivity index (χ4n) is 3.67. The van der Waals surface area contributed by atoms with Gasteiger partial charge in [-0.15, -0.1) is 0 Å². The molecule has 0 amide bonds. The van der Waals surface area contributed by atoms with Gasteiger partial charge in [-0.2, -0.15) is 0 Å². The van der Waals surface area contributed by atoms with E-state index in [1.165, 1.54) is 12.1 Å². The zero-order valence-electron chi connectivity index (χ0n) is 14.2. The van der Waals surface area contributed by atoms with E-state index in [2.05, 4.69) is 0 Å². The molecule has 2 N–H and O–H groups in total. The van der Waals surface area contributed by atoms with Gasteiger partial charge in [-0.05, 0) is 17.7 Å². The summed E-state index contributed by atoms with van der Waals surface area (Å²) < 4.78 is 5.93. The molecule has 0 radical (unpaired) electrons. The van der Waals surface area contributed by atoms with Gasteiger partial charge in [0, 0.05) is 28.7 Å². The van der Waals surface area contributed by atoms with Crippen molar-refractivity contribution in [3.63, 3.8) is 0 Å². The van der Waals surface area contributed by atoms with E-state index in [-0.39, 0.29) is 35.7 Å². The van der Waals surface area contributed by atoms with Crippen LogP contribution in [-0.2, 0) is 9.53 Å². The van der Waals surface area contributed by atoms with Crippen molar-refractivity contribution < 1.29 is 29.3 Å². The minimum absolute atomic E-state index is 0.0576. The number of hydrogen-bond acceptors (Lipinski definition) is 5. The Morgan fingerprint density at radius 1 is 1.00 bits per heavy atom. The summed E-state index contributed by atoms with van der Waals surface area (Å²) in [5, 5.41) is 18.7. The van der Waals surface area contributed by atoms with Crippen molar-refractivity contribution in [3.05, 3.63) is 76.4 Å². The lowest BCUT2D eigenvalue weighted by Crippen LogP contribution is -2.35. The van der Waals surface area contributed by atoms with Crippen LogP contribution in [0.15, 0.2) is 59.7 Å². The number of ketones is 2. The second-order valence-electron chi connectivity index (χ2n) is 6.63. The quantitative estimate of drug-likeness (QED) is 0.868. The number of ether oxygens (including phenoxy) is 1. The van der Waals surface area contributed by atoms with E-state index in [1.54, 1.807) is 36.4 Å². The van der Waals surface area contributed by atoms with Crippen LogP contribution in [-0.4, -0.2) is 33.9 Å². The number of carboxylic acids is 1. The lowest BCUT2D eigenvalue weighted by molar-refractivity contribution is -0.141. The number of Topliss-reactive ketones (excluding diaryl/α,β-unsaturated/α-hetero) is 2. The Hall–Kier alpha value is -3.25. The number of aromatic hydroxyl groups is 1. The van der Waals surface area contributed by atoms with E-state index in [0.29, 0.717) is 22.3 Å². The highest BCUT2D eigenvalue weighted by atomic mass is 16.5. The lowest BCUT2D eigenvalue weighted by Gasteiger charge is -2.35. The van der Waals surface area contributed by atoms with Gasteiger partial charge in [0.05, 0.1) is 12.5 Å². The molecule has 0 unspecified atom stereocenters. The number of phenolic OH excluding ortho intramolecular Hbond substituents is 1. The number of phenols is 1. The topological polar surface area (TPSA) is 101 Å². The Morgan fingerprint density at radius 2 is 1.63 bits per heavy atom. The number of carbonyl (C=O) groups is 3. The van der Waals surface area contributed by atoms with Crippen LogP contribution in [0.1, 0.15) is 45.2 Å². The summed E-state index contributed by atoms with van der Waals surface area (Å²) in [5.41, 5.74) is 1.81. The lowest BCUT2D eigenvalue weighted by atomic mass is 9.77. The molecular weight excluding hydrogens is 348 g/mol. The Bertz CT molecular complexity index is 986. The molecule has 4 rings (SSSR count). The highest BCUT2D eigenvalue weighted by Gasteiger charge is 2.42. The number of fused-ring (bicyclic) bond motifs is 1. The third kappa shape index (κ3) is 2.94. The van der Waals surface area contributed by atoms with Gasteiger partial charge >= 0.3 is 5.97 Å². The number of benzene rings is 2. The summed E-state index contributed by atoms with van der Waals surface area (Å²) in [4.78, 5) is 37.3. The molecule has 0 spiro atoms. The molecule has 2 aromatic carbocycles. The minimum Gasteiger partial charge on any atom is -0.508 e. The predicted molar refractivity (Wildman–Crippen MR) is 94.7 cm³/mol. The molecule has 0 saturated carbocycles. The Kier molecular flexibility index (Phi) is 4.12. The molecule has 2 atom stereocenters. The molecule has 1 heterocycles. The SMILES string of the molecule is O=C(O)C[C@@H]1CC2=C(C(=O)c3ccccc3C2=O)[C@H](c2ccc(O)cc2)O1. The summed E-state index contributed by atoms with van der Waals surface area (Å²) >= 11 is 0. The smallest absolute Gasteiger partial charge is 0.305 e. The molecule has 2 aromatic rings. The number of hydrogen-bond donors (Lipinski definition) is 2. The number of carbonyl (C=O) groups excluding carboxylic acids is 2. The molecule has 136 valence electrons. The maximum Gasteiger partial charge on any atom is 0.305 e. The molecule has 1 aliphatic heterocycles. The van der Waals surface area contributed by atoms with Gasteiger partial charge in [0.15, 0.2) is 11.6 Å². The van der Waals surface area contributed by atoms with E-state index in [1.807, 2.05) is 0 Å². The Morgan fingerprint density at radius 3 is 2.26 bits per heavy atom. The van der Waals surface area contributed by atoms with Crippen molar-refractivity contribution in [1.82, 2.24) is 0 Å². The molecule has 0 bridgehead atoms. The number of aliphatic carboxylic acids is 1. The van der Waals surface area contributed by atoms with Gasteiger partial charge in [0.2, 0.25) is 0 Å². The fourth-order valence-corrected chi connectivity index (χ4v) is 3.67. The van der Waals surface area contributed by atoms with Crippen LogP contribution in [0.5, 0.6) is 5.75 Å². The van der Waals surface area contributed by atoms with Crippen molar-refractivity contribution in [2.45, 2.75) is 25.0 Å². The van der Waals surface area contributed by atoms with Gasteiger partial charge < -0.3 is 14.9 Å². The maximum absolute atomic E-state index is 13.1. The number of rotatable bonds is 3. The van der Waals surface area contributed by atoms with Crippen LogP contribution >= 0.6 is 0 Å². The van der Waals surface area contributed by atoms with Crippen molar-refractivity contribution >= 4 is 17.5 Å². The number of carboxylic acid groups (broad SMARTS) is 1. The first-order chi connectivity index (χ1) is 13.0. The zero-order valence-corrected chi connectivity index (χ0v) is 14.2. The molecule has 27 heavy (non-hydrogen) atoms. The maximum atomic E-state index is 13.1. The first kappa shape index (κ1) is 17.2. The second kappa shape index (κ2) is 6.48. The largest absolute Gasteiger partial charge is 0.508 e. The average molecular weight is 364 g/mol. The molecule has 0 saturated heterocycles. The van der Waals surface area contributed by atoms with Gasteiger partial charge in [0.1, 0.15) is 11.9 Å². The van der Waals surface area contributed by atoms with Crippen LogP contribution in [0.3, 0.4) is 0 Å². The van der Waals surface area contributed by atoms with Crippen LogP contribution in [0.2, 0.25) is 0 Å².